The Morgan fingerprint density at radius 1 is 0.938 bits per heavy atom. The van der Waals surface area contributed by atoms with Crippen molar-refractivity contribution in [1.29, 1.82) is 0 Å². The van der Waals surface area contributed by atoms with Crippen molar-refractivity contribution in [3.05, 3.63) is 10.6 Å². The van der Waals surface area contributed by atoms with E-state index in [0.717, 1.165) is 32.6 Å². The largest absolute Gasteiger partial charge is 0.339 e. The fourth-order valence-electron chi connectivity index (χ4n) is 1.70. The summed E-state index contributed by atoms with van der Waals surface area (Å²) >= 11 is 11.5. The number of aromatic nitrogens is 3. The molecule has 0 atom stereocenters. The van der Waals surface area contributed by atoms with Crippen molar-refractivity contribution in [1.82, 2.24) is 19.9 Å². The smallest absolute Gasteiger partial charge is 0.231 e. The standard InChI is InChI=1S/C9H13Cl2N5/c1-15-3-2-4-16(6-5-15)9-13-7(10)12-8(11)14-9/h2-6H2,1H3. The van der Waals surface area contributed by atoms with Crippen LogP contribution in [0.5, 0.6) is 0 Å². The van der Waals surface area contributed by atoms with Crippen molar-refractivity contribution in [3.63, 3.8) is 0 Å². The van der Waals surface area contributed by atoms with Gasteiger partial charge in [0.2, 0.25) is 16.5 Å². The Hall–Kier alpha value is -0.650. The molecule has 88 valence electrons. The predicted octanol–water partition coefficient (Wildman–Crippen LogP) is 1.32. The molecule has 1 aromatic heterocycles. The van der Waals surface area contributed by atoms with Crippen LogP contribution in [0.25, 0.3) is 0 Å². The lowest BCUT2D eigenvalue weighted by Gasteiger charge is -2.20. The zero-order valence-corrected chi connectivity index (χ0v) is 10.5. The Morgan fingerprint density at radius 2 is 1.62 bits per heavy atom. The van der Waals surface area contributed by atoms with Gasteiger partial charge in [-0.25, -0.2) is 0 Å². The number of halogens is 2. The van der Waals surface area contributed by atoms with E-state index < -0.39 is 0 Å². The van der Waals surface area contributed by atoms with Gasteiger partial charge >= 0.3 is 0 Å². The van der Waals surface area contributed by atoms with Crippen LogP contribution in [0.2, 0.25) is 10.6 Å². The Balaban J connectivity index is 2.16. The van der Waals surface area contributed by atoms with Crippen LogP contribution in [0.15, 0.2) is 0 Å². The number of hydrogen-bond acceptors (Lipinski definition) is 5. The third-order valence-electron chi connectivity index (χ3n) is 2.57. The van der Waals surface area contributed by atoms with Gasteiger partial charge in [-0.05, 0) is 43.2 Å². The molecule has 0 saturated carbocycles. The van der Waals surface area contributed by atoms with Crippen LogP contribution in [0, 0.1) is 0 Å². The summed E-state index contributed by atoms with van der Waals surface area (Å²) in [5.74, 6) is 0.570. The lowest BCUT2D eigenvalue weighted by Crippen LogP contribution is -2.30. The average Bonchev–Trinajstić information content (AvgIpc) is 2.41. The van der Waals surface area contributed by atoms with Crippen LogP contribution >= 0.6 is 23.2 Å². The molecular weight excluding hydrogens is 249 g/mol. The summed E-state index contributed by atoms with van der Waals surface area (Å²) in [5, 5.41) is 0.292. The maximum absolute atomic E-state index is 5.76. The van der Waals surface area contributed by atoms with Gasteiger partial charge < -0.3 is 9.80 Å². The summed E-state index contributed by atoms with van der Waals surface area (Å²) in [6, 6.07) is 0. The number of nitrogens with zero attached hydrogens (tertiary/aromatic N) is 5. The van der Waals surface area contributed by atoms with Gasteiger partial charge in [0.1, 0.15) is 0 Å². The molecule has 0 aromatic carbocycles. The average molecular weight is 262 g/mol. The minimum absolute atomic E-state index is 0.146. The van der Waals surface area contributed by atoms with Crippen LogP contribution in [-0.4, -0.2) is 53.1 Å². The van der Waals surface area contributed by atoms with Gasteiger partial charge in [-0.3, -0.25) is 0 Å². The van der Waals surface area contributed by atoms with Gasteiger partial charge in [0.05, 0.1) is 0 Å². The maximum atomic E-state index is 5.76. The van der Waals surface area contributed by atoms with E-state index >= 15 is 0 Å². The number of anilines is 1. The topological polar surface area (TPSA) is 45.2 Å². The summed E-state index contributed by atoms with van der Waals surface area (Å²) in [6.07, 6.45) is 1.08. The van der Waals surface area contributed by atoms with Crippen LogP contribution in [-0.2, 0) is 0 Å². The Labute approximate surface area is 104 Å². The van der Waals surface area contributed by atoms with Gasteiger partial charge in [-0.1, -0.05) is 0 Å². The Bertz CT molecular complexity index is 353. The second-order valence-corrected chi connectivity index (χ2v) is 4.49. The lowest BCUT2D eigenvalue weighted by atomic mass is 10.4. The summed E-state index contributed by atoms with van der Waals surface area (Å²) in [5.41, 5.74) is 0. The van der Waals surface area contributed by atoms with Crippen molar-refractivity contribution in [3.8, 4) is 0 Å². The van der Waals surface area contributed by atoms with Gasteiger partial charge in [-0.15, -0.1) is 0 Å². The van der Waals surface area contributed by atoms with Crippen LogP contribution in [0.4, 0.5) is 5.95 Å². The first-order valence-corrected chi connectivity index (χ1v) is 5.91. The van der Waals surface area contributed by atoms with Gasteiger partial charge in [0, 0.05) is 19.6 Å². The van der Waals surface area contributed by atoms with Crippen molar-refractivity contribution < 1.29 is 0 Å². The highest BCUT2D eigenvalue weighted by atomic mass is 35.5. The molecule has 16 heavy (non-hydrogen) atoms. The third kappa shape index (κ3) is 2.93. The van der Waals surface area contributed by atoms with Gasteiger partial charge in [0.15, 0.2) is 0 Å². The molecule has 5 nitrogen and oxygen atoms in total. The molecular formula is C9H13Cl2N5. The molecule has 2 rings (SSSR count). The molecule has 0 bridgehead atoms. The first-order chi connectivity index (χ1) is 7.65. The van der Waals surface area contributed by atoms with E-state index in [1.807, 2.05) is 0 Å². The molecule has 1 fully saturated rings. The first-order valence-electron chi connectivity index (χ1n) is 5.16. The van der Waals surface area contributed by atoms with Crippen molar-refractivity contribution in [2.45, 2.75) is 6.42 Å². The van der Waals surface area contributed by atoms with E-state index in [9.17, 15) is 0 Å². The van der Waals surface area contributed by atoms with Gasteiger partial charge in [0.25, 0.3) is 0 Å². The van der Waals surface area contributed by atoms with Crippen LogP contribution in [0.1, 0.15) is 6.42 Å². The Kier molecular flexibility index (Phi) is 3.78. The minimum Gasteiger partial charge on any atom is -0.339 e. The molecule has 2 heterocycles. The highest BCUT2D eigenvalue weighted by Crippen LogP contribution is 2.15. The monoisotopic (exact) mass is 261 g/mol. The zero-order valence-electron chi connectivity index (χ0n) is 9.03. The summed E-state index contributed by atoms with van der Waals surface area (Å²) in [4.78, 5) is 16.3. The lowest BCUT2D eigenvalue weighted by molar-refractivity contribution is 0.360. The van der Waals surface area contributed by atoms with Gasteiger partial charge in [-0.2, -0.15) is 15.0 Å². The molecule has 1 aliphatic rings. The quantitative estimate of drug-likeness (QED) is 0.763. The number of likely N-dealkylation sites (N-methyl/N-ethyl adjacent to an activating group) is 1. The van der Waals surface area contributed by atoms with Crippen LogP contribution < -0.4 is 4.90 Å². The molecule has 0 amide bonds. The van der Waals surface area contributed by atoms with Crippen molar-refractivity contribution in [2.24, 2.45) is 0 Å². The fourth-order valence-corrected chi connectivity index (χ4v) is 2.06. The van der Waals surface area contributed by atoms with E-state index in [0.29, 0.717) is 5.95 Å². The molecule has 0 N–H and O–H groups in total. The predicted molar refractivity (Wildman–Crippen MR) is 64.2 cm³/mol. The third-order valence-corrected chi connectivity index (χ3v) is 2.91. The molecule has 0 radical (unpaired) electrons. The van der Waals surface area contributed by atoms with E-state index in [1.54, 1.807) is 0 Å². The molecule has 0 aliphatic carbocycles. The highest BCUT2D eigenvalue weighted by Gasteiger charge is 2.16. The SMILES string of the molecule is CN1CCCN(c2nc(Cl)nc(Cl)n2)CC1. The van der Waals surface area contributed by atoms with E-state index in [2.05, 4.69) is 31.8 Å². The molecule has 0 unspecified atom stereocenters. The summed E-state index contributed by atoms with van der Waals surface area (Å²) in [7, 11) is 2.11. The molecule has 1 aliphatic heterocycles. The molecule has 7 heteroatoms. The first kappa shape index (κ1) is 11.8. The number of rotatable bonds is 1. The molecule has 0 spiro atoms. The molecule has 1 saturated heterocycles. The fraction of sp³-hybridized carbons (Fsp3) is 0.667. The number of hydrogen-bond donors (Lipinski definition) is 0. The maximum Gasteiger partial charge on any atom is 0.231 e. The highest BCUT2D eigenvalue weighted by molar-refractivity contribution is 6.31. The zero-order chi connectivity index (χ0) is 11.5. The van der Waals surface area contributed by atoms with Crippen LogP contribution in [0.3, 0.4) is 0 Å². The Morgan fingerprint density at radius 3 is 2.31 bits per heavy atom. The van der Waals surface area contributed by atoms with Crippen molar-refractivity contribution in [2.75, 3.05) is 38.1 Å². The minimum atomic E-state index is 0.146. The second-order valence-electron chi connectivity index (χ2n) is 3.82. The van der Waals surface area contributed by atoms with Crippen molar-refractivity contribution >= 4 is 29.2 Å². The molecule has 1 aromatic rings. The normalized spacial score (nSPS) is 18.6. The second kappa shape index (κ2) is 5.12. The van der Waals surface area contributed by atoms with E-state index in [-0.39, 0.29) is 10.6 Å². The summed E-state index contributed by atoms with van der Waals surface area (Å²) < 4.78 is 0. The van der Waals surface area contributed by atoms with E-state index in [4.69, 9.17) is 23.2 Å². The summed E-state index contributed by atoms with van der Waals surface area (Å²) in [6.45, 7) is 3.87. The van der Waals surface area contributed by atoms with E-state index in [1.165, 1.54) is 0 Å².